The van der Waals surface area contributed by atoms with E-state index in [4.69, 9.17) is 0 Å². The smallest absolute Gasteiger partial charge is 0.265 e. The van der Waals surface area contributed by atoms with E-state index in [1.807, 2.05) is 44.2 Å². The lowest BCUT2D eigenvalue weighted by atomic mass is 10.2. The fraction of sp³-hybridized carbons (Fsp3) is 0.154. The van der Waals surface area contributed by atoms with Gasteiger partial charge in [0.25, 0.3) is 5.91 Å². The highest BCUT2D eigenvalue weighted by Crippen LogP contribution is 2.22. The Labute approximate surface area is 113 Å². The third kappa shape index (κ3) is 2.96. The van der Waals surface area contributed by atoms with Crippen molar-refractivity contribution in [3.8, 4) is 0 Å². The third-order valence-corrected chi connectivity index (χ3v) is 4.25. The SMILES string of the molecule is Cc1ccc(C(=O)Nc2ccc(C)c(Br)c2)s1. The largest absolute Gasteiger partial charge is 0.321 e. The predicted molar refractivity (Wildman–Crippen MR) is 75.9 cm³/mol. The average molecular weight is 310 g/mol. The van der Waals surface area contributed by atoms with E-state index < -0.39 is 0 Å². The molecule has 0 unspecified atom stereocenters. The van der Waals surface area contributed by atoms with Crippen LogP contribution in [0, 0.1) is 13.8 Å². The van der Waals surface area contributed by atoms with E-state index in [2.05, 4.69) is 21.2 Å². The van der Waals surface area contributed by atoms with Crippen LogP contribution in [-0.2, 0) is 0 Å². The van der Waals surface area contributed by atoms with Crippen molar-refractivity contribution in [2.24, 2.45) is 0 Å². The van der Waals surface area contributed by atoms with Gasteiger partial charge in [-0.3, -0.25) is 4.79 Å². The van der Waals surface area contributed by atoms with Gasteiger partial charge in [-0.05, 0) is 43.7 Å². The molecule has 0 aliphatic rings. The second kappa shape index (κ2) is 5.02. The standard InChI is InChI=1S/C13H12BrNOS/c1-8-3-5-10(7-11(8)14)15-13(16)12-6-4-9(2)17-12/h3-7H,1-2H3,(H,15,16). The van der Waals surface area contributed by atoms with Crippen molar-refractivity contribution < 1.29 is 4.79 Å². The molecule has 1 aromatic carbocycles. The molecule has 2 nitrogen and oxygen atoms in total. The Hall–Kier alpha value is -1.13. The summed E-state index contributed by atoms with van der Waals surface area (Å²) >= 11 is 4.95. The summed E-state index contributed by atoms with van der Waals surface area (Å²) in [6, 6.07) is 9.58. The summed E-state index contributed by atoms with van der Waals surface area (Å²) in [5.41, 5.74) is 1.95. The second-order valence-corrected chi connectivity index (χ2v) is 5.97. The fourth-order valence-electron chi connectivity index (χ4n) is 1.42. The van der Waals surface area contributed by atoms with Crippen molar-refractivity contribution in [2.45, 2.75) is 13.8 Å². The van der Waals surface area contributed by atoms with Crippen LogP contribution in [0.1, 0.15) is 20.1 Å². The van der Waals surface area contributed by atoms with E-state index in [0.717, 1.165) is 25.5 Å². The molecule has 2 rings (SSSR count). The first-order chi connectivity index (χ1) is 8.06. The van der Waals surface area contributed by atoms with Crippen molar-refractivity contribution in [1.29, 1.82) is 0 Å². The summed E-state index contributed by atoms with van der Waals surface area (Å²) in [6.45, 7) is 4.00. The molecule has 0 fully saturated rings. The first kappa shape index (κ1) is 12.3. The van der Waals surface area contributed by atoms with Crippen LogP contribution < -0.4 is 5.32 Å². The zero-order valence-electron chi connectivity index (χ0n) is 9.58. The zero-order chi connectivity index (χ0) is 12.4. The molecule has 0 saturated carbocycles. The number of nitrogens with one attached hydrogen (secondary N) is 1. The molecule has 17 heavy (non-hydrogen) atoms. The molecule has 4 heteroatoms. The molecular weight excluding hydrogens is 298 g/mol. The molecule has 0 aliphatic carbocycles. The molecule has 0 aliphatic heterocycles. The molecule has 1 aromatic heterocycles. The van der Waals surface area contributed by atoms with Gasteiger partial charge < -0.3 is 5.32 Å². The van der Waals surface area contributed by atoms with E-state index in [1.54, 1.807) is 0 Å². The maximum atomic E-state index is 11.9. The first-order valence-corrected chi connectivity index (χ1v) is 6.81. The van der Waals surface area contributed by atoms with E-state index in [0.29, 0.717) is 0 Å². The zero-order valence-corrected chi connectivity index (χ0v) is 12.0. The van der Waals surface area contributed by atoms with Crippen LogP contribution >= 0.6 is 27.3 Å². The predicted octanol–water partition coefficient (Wildman–Crippen LogP) is 4.38. The number of carbonyl (C=O) groups excluding carboxylic acids is 1. The Bertz CT molecular complexity index is 562. The van der Waals surface area contributed by atoms with Crippen molar-refractivity contribution >= 4 is 38.9 Å². The van der Waals surface area contributed by atoms with Crippen molar-refractivity contribution in [3.63, 3.8) is 0 Å². The van der Waals surface area contributed by atoms with Gasteiger partial charge in [0.15, 0.2) is 0 Å². The average Bonchev–Trinajstić information content (AvgIpc) is 2.70. The van der Waals surface area contributed by atoms with Gasteiger partial charge in [-0.25, -0.2) is 0 Å². The lowest BCUT2D eigenvalue weighted by Crippen LogP contribution is -2.09. The Morgan fingerprint density at radius 3 is 2.59 bits per heavy atom. The molecule has 88 valence electrons. The number of hydrogen-bond acceptors (Lipinski definition) is 2. The summed E-state index contributed by atoms with van der Waals surface area (Å²) in [7, 11) is 0. The number of amides is 1. The summed E-state index contributed by atoms with van der Waals surface area (Å²) in [6.07, 6.45) is 0. The minimum absolute atomic E-state index is 0.0566. The van der Waals surface area contributed by atoms with Gasteiger partial charge in [0.1, 0.15) is 0 Å². The maximum Gasteiger partial charge on any atom is 0.265 e. The van der Waals surface area contributed by atoms with Gasteiger partial charge in [-0.15, -0.1) is 11.3 Å². The van der Waals surface area contributed by atoms with Crippen LogP contribution in [0.25, 0.3) is 0 Å². The van der Waals surface area contributed by atoms with Gasteiger partial charge >= 0.3 is 0 Å². The molecule has 1 heterocycles. The van der Waals surface area contributed by atoms with Crippen LogP contribution in [0.2, 0.25) is 0 Å². The Morgan fingerprint density at radius 2 is 2.00 bits per heavy atom. The van der Waals surface area contributed by atoms with Gasteiger partial charge in [-0.1, -0.05) is 22.0 Å². The summed E-state index contributed by atoms with van der Waals surface area (Å²) in [5.74, 6) is -0.0566. The van der Waals surface area contributed by atoms with Crippen LogP contribution in [0.15, 0.2) is 34.8 Å². The van der Waals surface area contributed by atoms with Gasteiger partial charge in [0, 0.05) is 15.0 Å². The third-order valence-electron chi connectivity index (χ3n) is 2.39. The monoisotopic (exact) mass is 309 g/mol. The summed E-state index contributed by atoms with van der Waals surface area (Å²) in [5, 5.41) is 2.88. The lowest BCUT2D eigenvalue weighted by Gasteiger charge is -2.05. The first-order valence-electron chi connectivity index (χ1n) is 5.20. The minimum Gasteiger partial charge on any atom is -0.321 e. The highest BCUT2D eigenvalue weighted by molar-refractivity contribution is 9.10. The molecule has 0 spiro atoms. The summed E-state index contributed by atoms with van der Waals surface area (Å²) in [4.78, 5) is 13.8. The van der Waals surface area contributed by atoms with Crippen molar-refractivity contribution in [3.05, 3.63) is 50.1 Å². The van der Waals surface area contributed by atoms with E-state index in [1.165, 1.54) is 11.3 Å². The van der Waals surface area contributed by atoms with Gasteiger partial charge in [-0.2, -0.15) is 0 Å². The molecule has 2 aromatic rings. The van der Waals surface area contributed by atoms with Crippen LogP contribution in [-0.4, -0.2) is 5.91 Å². The van der Waals surface area contributed by atoms with E-state index >= 15 is 0 Å². The van der Waals surface area contributed by atoms with Gasteiger partial charge in [0.05, 0.1) is 4.88 Å². The summed E-state index contributed by atoms with van der Waals surface area (Å²) < 4.78 is 0.998. The number of anilines is 1. The molecular formula is C13H12BrNOS. The number of rotatable bonds is 2. The Kier molecular flexibility index (Phi) is 3.64. The fourth-order valence-corrected chi connectivity index (χ4v) is 2.56. The number of benzene rings is 1. The van der Waals surface area contributed by atoms with Crippen LogP contribution in [0.3, 0.4) is 0 Å². The molecule has 1 N–H and O–H groups in total. The molecule has 0 saturated heterocycles. The Morgan fingerprint density at radius 1 is 1.24 bits per heavy atom. The molecule has 0 bridgehead atoms. The maximum absolute atomic E-state index is 11.9. The number of aryl methyl sites for hydroxylation is 2. The van der Waals surface area contributed by atoms with Gasteiger partial charge in [0.2, 0.25) is 0 Å². The lowest BCUT2D eigenvalue weighted by molar-refractivity contribution is 0.103. The van der Waals surface area contributed by atoms with E-state index in [-0.39, 0.29) is 5.91 Å². The topological polar surface area (TPSA) is 29.1 Å². The van der Waals surface area contributed by atoms with E-state index in [9.17, 15) is 4.79 Å². The number of halogens is 1. The second-order valence-electron chi connectivity index (χ2n) is 3.83. The number of carbonyl (C=O) groups is 1. The normalized spacial score (nSPS) is 10.3. The highest BCUT2D eigenvalue weighted by atomic mass is 79.9. The molecule has 0 atom stereocenters. The number of thiophene rings is 1. The number of hydrogen-bond donors (Lipinski definition) is 1. The van der Waals surface area contributed by atoms with Crippen molar-refractivity contribution in [2.75, 3.05) is 5.32 Å². The van der Waals surface area contributed by atoms with Crippen LogP contribution in [0.5, 0.6) is 0 Å². The highest BCUT2D eigenvalue weighted by Gasteiger charge is 2.08. The quantitative estimate of drug-likeness (QED) is 0.876. The Balaban J connectivity index is 2.15. The molecule has 0 radical (unpaired) electrons. The van der Waals surface area contributed by atoms with Crippen LogP contribution in [0.4, 0.5) is 5.69 Å². The minimum atomic E-state index is -0.0566. The van der Waals surface area contributed by atoms with Crippen molar-refractivity contribution in [1.82, 2.24) is 0 Å². The molecule has 1 amide bonds.